The van der Waals surface area contributed by atoms with E-state index in [2.05, 4.69) is 31.9 Å². The van der Waals surface area contributed by atoms with Gasteiger partial charge in [-0.15, -0.1) is 0 Å². The monoisotopic (exact) mass is 611 g/mol. The summed E-state index contributed by atoms with van der Waals surface area (Å²) in [5, 5.41) is 0.707. The van der Waals surface area contributed by atoms with Gasteiger partial charge in [-0.05, 0) is 91.7 Å². The summed E-state index contributed by atoms with van der Waals surface area (Å²) in [6, 6.07) is 17.7. The van der Waals surface area contributed by atoms with Crippen LogP contribution in [0.5, 0.6) is 5.75 Å². The molecule has 4 rings (SSSR count). The van der Waals surface area contributed by atoms with E-state index in [0.717, 1.165) is 27.8 Å². The fourth-order valence-corrected chi connectivity index (χ4v) is 5.69. The van der Waals surface area contributed by atoms with E-state index in [9.17, 15) is 9.59 Å². The number of nitrogens with zero attached hydrogens (tertiary/aromatic N) is 1. The predicted molar refractivity (Wildman–Crippen MR) is 138 cm³/mol. The number of halogens is 4. The molecule has 0 N–H and O–H groups in total. The summed E-state index contributed by atoms with van der Waals surface area (Å²) >= 11 is 20.1. The van der Waals surface area contributed by atoms with Crippen molar-refractivity contribution in [3.8, 4) is 5.75 Å². The maximum atomic E-state index is 12.9. The highest BCUT2D eigenvalue weighted by atomic mass is 79.9. The highest BCUT2D eigenvalue weighted by molar-refractivity contribution is 9.11. The number of thioether (sulfide) groups is 1. The number of benzene rings is 3. The molecule has 0 unspecified atom stereocenters. The van der Waals surface area contributed by atoms with Crippen LogP contribution in [0.3, 0.4) is 0 Å². The molecular formula is C23H13Br2Cl2NO3S. The number of ether oxygens (including phenoxy) is 1. The number of carbonyl (C=O) groups excluding carboxylic acids is 2. The van der Waals surface area contributed by atoms with Gasteiger partial charge in [-0.2, -0.15) is 0 Å². The summed E-state index contributed by atoms with van der Waals surface area (Å²) in [5.41, 5.74) is 2.03. The lowest BCUT2D eigenvalue weighted by Crippen LogP contribution is -2.27. The fraction of sp³-hybridized carbons (Fsp3) is 0.0435. The molecule has 1 aliphatic rings. The molecule has 3 aromatic carbocycles. The molecule has 32 heavy (non-hydrogen) atoms. The van der Waals surface area contributed by atoms with Crippen molar-refractivity contribution in [2.45, 2.75) is 6.61 Å². The molecule has 1 heterocycles. The normalized spacial score (nSPS) is 15.0. The summed E-state index contributed by atoms with van der Waals surface area (Å²) in [4.78, 5) is 26.8. The molecule has 2 amide bonds. The van der Waals surface area contributed by atoms with Crippen LogP contribution in [0.1, 0.15) is 11.1 Å². The number of amides is 2. The zero-order chi connectivity index (χ0) is 22.8. The van der Waals surface area contributed by atoms with E-state index in [4.69, 9.17) is 27.9 Å². The van der Waals surface area contributed by atoms with Crippen molar-refractivity contribution in [2.24, 2.45) is 0 Å². The van der Waals surface area contributed by atoms with Crippen LogP contribution in [0, 0.1) is 0 Å². The van der Waals surface area contributed by atoms with Gasteiger partial charge in [0, 0.05) is 15.6 Å². The lowest BCUT2D eigenvalue weighted by Gasteiger charge is -2.13. The molecule has 0 aromatic heterocycles. The van der Waals surface area contributed by atoms with Crippen LogP contribution < -0.4 is 9.64 Å². The van der Waals surface area contributed by atoms with Crippen LogP contribution in [0.4, 0.5) is 10.5 Å². The second-order valence-corrected chi connectivity index (χ2v) is 10.2. The van der Waals surface area contributed by atoms with Crippen molar-refractivity contribution in [1.82, 2.24) is 0 Å². The Balaban J connectivity index is 1.56. The third kappa shape index (κ3) is 5.07. The van der Waals surface area contributed by atoms with E-state index in [0.29, 0.717) is 41.9 Å². The van der Waals surface area contributed by atoms with Crippen LogP contribution >= 0.6 is 66.8 Å². The number of hydrogen-bond acceptors (Lipinski definition) is 4. The van der Waals surface area contributed by atoms with Gasteiger partial charge in [-0.1, -0.05) is 47.5 Å². The van der Waals surface area contributed by atoms with Crippen LogP contribution in [0.2, 0.25) is 10.0 Å². The fourth-order valence-electron chi connectivity index (χ4n) is 3.02. The Morgan fingerprint density at radius 2 is 1.69 bits per heavy atom. The van der Waals surface area contributed by atoms with Crippen LogP contribution in [-0.2, 0) is 11.4 Å². The second-order valence-electron chi connectivity index (χ2n) is 6.69. The SMILES string of the molecule is O=C1S/C(=C/c2cc(Br)c(OCc3ccccc3Cl)c(Br)c2)C(=O)N1c1cccc(Cl)c1. The van der Waals surface area contributed by atoms with E-state index in [1.165, 1.54) is 0 Å². The minimum Gasteiger partial charge on any atom is -0.486 e. The van der Waals surface area contributed by atoms with Crippen LogP contribution in [0.25, 0.3) is 6.08 Å². The highest BCUT2D eigenvalue weighted by Gasteiger charge is 2.36. The van der Waals surface area contributed by atoms with Gasteiger partial charge in [-0.3, -0.25) is 9.59 Å². The van der Waals surface area contributed by atoms with Gasteiger partial charge in [0.1, 0.15) is 12.4 Å². The number of imide groups is 1. The molecule has 162 valence electrons. The first kappa shape index (κ1) is 23.4. The van der Waals surface area contributed by atoms with Crippen molar-refractivity contribution in [2.75, 3.05) is 4.90 Å². The molecule has 4 nitrogen and oxygen atoms in total. The van der Waals surface area contributed by atoms with E-state index in [-0.39, 0.29) is 5.24 Å². The van der Waals surface area contributed by atoms with Gasteiger partial charge in [0.05, 0.1) is 19.5 Å². The van der Waals surface area contributed by atoms with Crippen LogP contribution in [-0.4, -0.2) is 11.1 Å². The molecule has 0 spiro atoms. The summed E-state index contributed by atoms with van der Waals surface area (Å²) < 4.78 is 7.33. The number of rotatable bonds is 5. The average Bonchev–Trinajstić information content (AvgIpc) is 3.01. The predicted octanol–water partition coefficient (Wildman–Crippen LogP) is 8.34. The Kier molecular flexibility index (Phi) is 7.32. The number of anilines is 1. The smallest absolute Gasteiger partial charge is 0.298 e. The minimum atomic E-state index is -0.395. The van der Waals surface area contributed by atoms with Crippen molar-refractivity contribution in [3.05, 3.63) is 95.7 Å². The minimum absolute atomic E-state index is 0.300. The lowest BCUT2D eigenvalue weighted by molar-refractivity contribution is -0.113. The summed E-state index contributed by atoms with van der Waals surface area (Å²) in [6.07, 6.45) is 1.67. The molecule has 0 radical (unpaired) electrons. The molecule has 0 saturated carbocycles. The molecular weight excluding hydrogens is 601 g/mol. The zero-order valence-corrected chi connectivity index (χ0v) is 21.7. The maximum Gasteiger partial charge on any atom is 0.298 e. The quantitative estimate of drug-likeness (QED) is 0.271. The molecule has 1 fully saturated rings. The Morgan fingerprint density at radius 1 is 0.969 bits per heavy atom. The molecule has 1 aliphatic heterocycles. The summed E-state index contributed by atoms with van der Waals surface area (Å²) in [6.45, 7) is 0.300. The van der Waals surface area contributed by atoms with Crippen molar-refractivity contribution < 1.29 is 14.3 Å². The van der Waals surface area contributed by atoms with Gasteiger partial charge in [0.2, 0.25) is 0 Å². The standard InChI is InChI=1S/C23H13Br2Cl2NO3S/c24-17-8-13(9-18(25)21(17)31-12-14-4-1-2-7-19(14)27)10-20-22(29)28(23(30)32-20)16-6-3-5-15(26)11-16/h1-11H,12H2/b20-10+. The van der Waals surface area contributed by atoms with Crippen molar-refractivity contribution >= 4 is 89.7 Å². The van der Waals surface area contributed by atoms with Gasteiger partial charge in [-0.25, -0.2) is 4.90 Å². The second kappa shape index (κ2) is 10.0. The molecule has 0 atom stereocenters. The Morgan fingerprint density at radius 3 is 2.38 bits per heavy atom. The summed E-state index contributed by atoms with van der Waals surface area (Å²) in [5.74, 6) is 0.211. The first-order valence-corrected chi connectivity index (χ1v) is 12.4. The molecule has 3 aromatic rings. The topological polar surface area (TPSA) is 46.6 Å². The largest absolute Gasteiger partial charge is 0.486 e. The Hall–Kier alpha value is -1.77. The first-order valence-electron chi connectivity index (χ1n) is 9.22. The molecule has 1 saturated heterocycles. The molecule has 0 aliphatic carbocycles. The highest BCUT2D eigenvalue weighted by Crippen LogP contribution is 2.39. The number of hydrogen-bond donors (Lipinski definition) is 0. The van der Waals surface area contributed by atoms with Crippen LogP contribution in [0.15, 0.2) is 74.5 Å². The molecule has 9 heteroatoms. The Bertz CT molecular complexity index is 1240. The zero-order valence-electron chi connectivity index (χ0n) is 16.2. The van der Waals surface area contributed by atoms with E-state index < -0.39 is 5.91 Å². The third-order valence-corrected chi connectivity index (χ3v) is 7.16. The van der Waals surface area contributed by atoms with Gasteiger partial charge in [0.25, 0.3) is 11.1 Å². The number of carbonyl (C=O) groups is 2. The van der Waals surface area contributed by atoms with Gasteiger partial charge in [0.15, 0.2) is 0 Å². The van der Waals surface area contributed by atoms with E-state index in [1.807, 2.05) is 36.4 Å². The van der Waals surface area contributed by atoms with E-state index >= 15 is 0 Å². The average molecular weight is 614 g/mol. The maximum absolute atomic E-state index is 12.9. The van der Waals surface area contributed by atoms with Gasteiger partial charge < -0.3 is 4.74 Å². The third-order valence-electron chi connectivity index (χ3n) is 4.51. The van der Waals surface area contributed by atoms with Crippen molar-refractivity contribution in [1.29, 1.82) is 0 Å². The van der Waals surface area contributed by atoms with Gasteiger partial charge >= 0.3 is 0 Å². The molecule has 0 bridgehead atoms. The first-order chi connectivity index (χ1) is 15.3. The lowest BCUT2D eigenvalue weighted by atomic mass is 10.2. The van der Waals surface area contributed by atoms with E-state index in [1.54, 1.807) is 30.3 Å². The summed E-state index contributed by atoms with van der Waals surface area (Å²) in [7, 11) is 0. The Labute approximate surface area is 215 Å². The van der Waals surface area contributed by atoms with Crippen molar-refractivity contribution in [3.63, 3.8) is 0 Å².